The Balaban J connectivity index is 1.60. The summed E-state index contributed by atoms with van der Waals surface area (Å²) in [6.07, 6.45) is 0.988. The molecule has 3 aromatic heterocycles. The topological polar surface area (TPSA) is 157 Å². The van der Waals surface area contributed by atoms with Crippen molar-refractivity contribution in [3.8, 4) is 11.5 Å². The van der Waals surface area contributed by atoms with Crippen molar-refractivity contribution in [3.63, 3.8) is 0 Å². The third-order valence-electron chi connectivity index (χ3n) is 9.10. The molecule has 3 aromatic rings. The van der Waals surface area contributed by atoms with E-state index >= 15 is 0 Å². The molecule has 0 aromatic carbocycles. The third kappa shape index (κ3) is 5.64. The minimum atomic E-state index is -2.98. The third-order valence-corrected chi connectivity index (χ3v) is 19.4. The zero-order valence-electron chi connectivity index (χ0n) is 27.8. The van der Waals surface area contributed by atoms with Crippen LogP contribution in [-0.2, 0) is 24.2 Å². The molecule has 5 heterocycles. The second-order valence-corrected chi connectivity index (χ2v) is 22.7. The van der Waals surface area contributed by atoms with Crippen molar-refractivity contribution in [2.75, 3.05) is 12.3 Å². The molecule has 2 aliphatic rings. The number of aliphatic hydroxyl groups is 1. The molecule has 44 heavy (non-hydrogen) atoms. The molecule has 3 N–H and O–H groups in total. The fraction of sp³-hybridized carbons (Fsp3) is 0.759. The van der Waals surface area contributed by atoms with Gasteiger partial charge in [0.05, 0.1) is 12.8 Å². The molecule has 0 saturated carbocycles. The van der Waals surface area contributed by atoms with Gasteiger partial charge in [0.1, 0.15) is 30.3 Å². The first-order chi connectivity index (χ1) is 20.7. The minimum absolute atomic E-state index is 0.110. The molecule has 5 rings (SSSR count). The van der Waals surface area contributed by atoms with Gasteiger partial charge in [0.25, 0.3) is 0 Å². The fourth-order valence-electron chi connectivity index (χ4n) is 6.60. The molecule has 244 valence electrons. The van der Waals surface area contributed by atoms with E-state index in [1.54, 1.807) is 9.25 Å². The molecule has 15 heteroatoms. The molecule has 2 saturated heterocycles. The van der Waals surface area contributed by atoms with Gasteiger partial charge in [-0.2, -0.15) is 0 Å². The molecule has 13 nitrogen and oxygen atoms in total. The number of nitrogen functional groups attached to an aromatic ring is 1. The van der Waals surface area contributed by atoms with Gasteiger partial charge in [0, 0.05) is 6.54 Å². The summed E-state index contributed by atoms with van der Waals surface area (Å²) in [7, 11) is -5.76. The number of aliphatic hydroxyl groups excluding tert-OH is 1. The zero-order valence-corrected chi connectivity index (χ0v) is 29.8. The lowest BCUT2D eigenvalue weighted by molar-refractivity contribution is -0.0564. The molecule has 2 aliphatic heterocycles. The van der Waals surface area contributed by atoms with Crippen LogP contribution in [0.1, 0.15) is 81.9 Å². The summed E-state index contributed by atoms with van der Waals surface area (Å²) < 4.78 is 31.6. The van der Waals surface area contributed by atoms with E-state index in [-0.39, 0.29) is 34.6 Å². The summed E-state index contributed by atoms with van der Waals surface area (Å²) in [6.45, 7) is 22.7. The van der Waals surface area contributed by atoms with Crippen molar-refractivity contribution in [2.45, 2.75) is 129 Å². The number of anilines is 1. The van der Waals surface area contributed by atoms with E-state index in [4.69, 9.17) is 28.4 Å². The maximum atomic E-state index is 12.1. The highest BCUT2D eigenvalue weighted by molar-refractivity contribution is 6.84. The van der Waals surface area contributed by atoms with Crippen LogP contribution in [0.3, 0.4) is 0 Å². The summed E-state index contributed by atoms with van der Waals surface area (Å²) >= 11 is 0. The Hall–Kier alpha value is -2.28. The van der Waals surface area contributed by atoms with Gasteiger partial charge < -0.3 is 28.5 Å². The van der Waals surface area contributed by atoms with Crippen LogP contribution in [0.4, 0.5) is 5.82 Å². The van der Waals surface area contributed by atoms with Crippen LogP contribution in [0.25, 0.3) is 22.7 Å². The molecule has 2 fully saturated rings. The van der Waals surface area contributed by atoms with E-state index in [1.165, 1.54) is 6.33 Å². The molecule has 0 aliphatic carbocycles. The number of nitrogens with zero attached hydrogens (tertiary/aromatic N) is 7. The first-order valence-corrected chi connectivity index (χ1v) is 19.9. The Labute approximate surface area is 262 Å². The lowest BCUT2D eigenvalue weighted by Gasteiger charge is -2.51. The maximum Gasteiger partial charge on any atom is 0.335 e. The Morgan fingerprint density at radius 1 is 0.977 bits per heavy atom. The van der Waals surface area contributed by atoms with E-state index in [0.717, 1.165) is 13.0 Å². The van der Waals surface area contributed by atoms with Gasteiger partial charge in [-0.05, 0) is 34.5 Å². The summed E-state index contributed by atoms with van der Waals surface area (Å²) in [5.41, 5.74) is 8.22. The normalized spacial score (nSPS) is 25.5. The predicted octanol–water partition coefficient (Wildman–Crippen LogP) is 4.93. The van der Waals surface area contributed by atoms with Crippen molar-refractivity contribution in [3.05, 3.63) is 12.5 Å². The Bertz CT molecular complexity index is 1430. The number of aryl methyl sites for hydroxylation is 1. The van der Waals surface area contributed by atoms with Crippen LogP contribution in [0.5, 0.6) is 0 Å². The van der Waals surface area contributed by atoms with Crippen LogP contribution in [0, 0.1) is 5.92 Å². The second-order valence-electron chi connectivity index (χ2n) is 13.9. The lowest BCUT2D eigenvalue weighted by Crippen LogP contribution is -2.65. The highest BCUT2D eigenvalue weighted by Crippen LogP contribution is 2.49. The Kier molecular flexibility index (Phi) is 9.40. The molecular weight excluding hydrogens is 597 g/mol. The quantitative estimate of drug-likeness (QED) is 0.304. The molecule has 4 atom stereocenters. The number of aromatic nitrogens is 7. The smallest absolute Gasteiger partial charge is 0.335 e. The number of ether oxygens (including phenoxy) is 1. The summed E-state index contributed by atoms with van der Waals surface area (Å²) in [5, 5.41) is 20.8. The van der Waals surface area contributed by atoms with Gasteiger partial charge in [-0.15, -0.1) is 5.10 Å². The number of fused-ring (bicyclic) bond motifs is 2. The molecule has 0 spiro atoms. The van der Waals surface area contributed by atoms with Crippen LogP contribution in [0.15, 0.2) is 12.5 Å². The van der Waals surface area contributed by atoms with E-state index in [9.17, 15) is 5.11 Å². The van der Waals surface area contributed by atoms with Crippen molar-refractivity contribution in [2.24, 2.45) is 5.92 Å². The van der Waals surface area contributed by atoms with Crippen molar-refractivity contribution in [1.82, 2.24) is 34.5 Å². The van der Waals surface area contributed by atoms with Gasteiger partial charge in [-0.1, -0.05) is 74.5 Å². The highest BCUT2D eigenvalue weighted by Gasteiger charge is 2.62. The first kappa shape index (κ1) is 33.1. The van der Waals surface area contributed by atoms with Gasteiger partial charge >= 0.3 is 17.1 Å². The number of imidazole rings is 1. The van der Waals surface area contributed by atoms with Crippen LogP contribution in [-0.4, -0.2) is 81.7 Å². The molecule has 0 radical (unpaired) electrons. The molecule has 0 amide bonds. The predicted molar refractivity (Wildman–Crippen MR) is 172 cm³/mol. The first-order valence-electron chi connectivity index (χ1n) is 16.0. The van der Waals surface area contributed by atoms with Gasteiger partial charge in [-0.3, -0.25) is 9.25 Å². The minimum Gasteiger partial charge on any atom is -0.414 e. The molecule has 0 unspecified atom stereocenters. The van der Waals surface area contributed by atoms with Gasteiger partial charge in [-0.25, -0.2) is 15.0 Å². The Morgan fingerprint density at radius 2 is 1.64 bits per heavy atom. The lowest BCUT2D eigenvalue weighted by atomic mass is 10.1. The van der Waals surface area contributed by atoms with Crippen LogP contribution >= 0.6 is 0 Å². The van der Waals surface area contributed by atoms with E-state index < -0.39 is 41.7 Å². The van der Waals surface area contributed by atoms with Gasteiger partial charge in [0.2, 0.25) is 0 Å². The average molecular weight is 647 g/mol. The van der Waals surface area contributed by atoms with Crippen LogP contribution in [0.2, 0.25) is 22.2 Å². The summed E-state index contributed by atoms with van der Waals surface area (Å²) in [6, 6.07) is 0. The number of nitrogens with two attached hydrogens (primary N) is 1. The Morgan fingerprint density at radius 3 is 2.25 bits per heavy atom. The van der Waals surface area contributed by atoms with Crippen LogP contribution < -0.4 is 5.73 Å². The summed E-state index contributed by atoms with van der Waals surface area (Å²) in [5.74, 6) is 1.18. The fourth-order valence-corrected chi connectivity index (χ4v) is 17.8. The van der Waals surface area contributed by atoms with Crippen molar-refractivity contribution in [1.29, 1.82) is 0 Å². The largest absolute Gasteiger partial charge is 0.414 e. The van der Waals surface area contributed by atoms with Crippen molar-refractivity contribution >= 4 is 34.1 Å². The van der Waals surface area contributed by atoms with Crippen molar-refractivity contribution < 1.29 is 22.8 Å². The molecule has 0 bridgehead atoms. The van der Waals surface area contributed by atoms with Gasteiger partial charge in [0.15, 0.2) is 29.0 Å². The average Bonchev–Trinajstić information content (AvgIpc) is 3.63. The maximum absolute atomic E-state index is 12.1. The van der Waals surface area contributed by atoms with E-state index in [2.05, 4.69) is 89.5 Å². The molecular formula is C29H50N8O5Si2. The second kappa shape index (κ2) is 12.5. The number of hydrogen-bond acceptors (Lipinski definition) is 11. The van der Waals surface area contributed by atoms with E-state index in [1.807, 2.05) is 6.20 Å². The zero-order chi connectivity index (χ0) is 32.1. The number of hydrogen-bond donors (Lipinski definition) is 2. The van der Waals surface area contributed by atoms with E-state index in [0.29, 0.717) is 28.6 Å². The number of rotatable bonds is 9. The summed E-state index contributed by atoms with van der Waals surface area (Å²) in [4.78, 5) is 13.5. The standard InChI is InChI=1S/C29H50N8O5Si2/c1-16(2)11-12-36-13-21(34-35-36)27-33-23-26(30)31-15-32-28(23)37(27)29-24(38)25-22(40-29)14-39-43(17(3)4,18(5)6)42-44(41-25,19(7)8)20(9)10/h13,15-20,22,24-25,29,38H,11-12,14H2,1-10H3,(H2,30,31,32)/t22-,24-,25-,29-/m1/s1. The monoisotopic (exact) mass is 646 g/mol. The SMILES string of the molecule is CC(C)CCn1cc(-c2nc3c(N)ncnc3n2[C@@H]2O[C@@H]3CO[Si](C(C)C)(C(C)C)O[Si](C(C)C)(C(C)C)O[C@H]3[C@H]2O)nn1. The highest BCUT2D eigenvalue weighted by atomic mass is 28.5.